The van der Waals surface area contributed by atoms with Crippen LogP contribution < -0.4 is 10.7 Å². The molecule has 0 aliphatic heterocycles. The minimum absolute atomic E-state index is 0.0216. The third kappa shape index (κ3) is 5.37. The van der Waals surface area contributed by atoms with Gasteiger partial charge in [0.15, 0.2) is 15.7 Å². The van der Waals surface area contributed by atoms with Gasteiger partial charge in [-0.2, -0.15) is 10.1 Å². The molecule has 3 rings (SSSR count). The van der Waals surface area contributed by atoms with Crippen LogP contribution in [0.4, 0.5) is 23.1 Å². The number of aromatic nitrogens is 2. The molecule has 3 aromatic rings. The van der Waals surface area contributed by atoms with Crippen LogP contribution in [0.5, 0.6) is 0 Å². The van der Waals surface area contributed by atoms with E-state index in [1.807, 2.05) is 0 Å². The summed E-state index contributed by atoms with van der Waals surface area (Å²) < 4.78 is 25.3. The van der Waals surface area contributed by atoms with Crippen molar-refractivity contribution < 1.29 is 13.3 Å². The maximum absolute atomic E-state index is 12.7. The Morgan fingerprint density at radius 3 is 2.50 bits per heavy atom. The predicted octanol–water partition coefficient (Wildman–Crippen LogP) is 4.41. The van der Waals surface area contributed by atoms with Crippen molar-refractivity contribution in [3.8, 4) is 0 Å². The number of nitrogens with zero attached hydrogens (tertiary/aromatic N) is 4. The molecule has 0 bridgehead atoms. The number of halogens is 1. The Bertz CT molecular complexity index is 1260. The fourth-order valence-electron chi connectivity index (χ4n) is 2.55. The number of hydrogen-bond acceptors (Lipinski definition) is 9. The van der Waals surface area contributed by atoms with Gasteiger partial charge in [-0.1, -0.05) is 23.7 Å². The summed E-state index contributed by atoms with van der Waals surface area (Å²) in [6, 6.07) is 12.3. The van der Waals surface area contributed by atoms with Gasteiger partial charge in [-0.05, 0) is 43.7 Å². The second kappa shape index (κ2) is 9.71. The largest absolute Gasteiger partial charge is 0.338 e. The highest BCUT2D eigenvalue weighted by atomic mass is 35.5. The van der Waals surface area contributed by atoms with Crippen LogP contribution in [0.2, 0.25) is 5.02 Å². The molecule has 0 atom stereocenters. The molecule has 0 saturated carbocycles. The molecule has 0 aliphatic rings. The number of hydrogen-bond donors (Lipinski definition) is 2. The third-order valence-electron chi connectivity index (χ3n) is 4.29. The first-order valence-corrected chi connectivity index (χ1v) is 11.3. The quantitative estimate of drug-likeness (QED) is 0.278. The number of nitrogens with one attached hydrogen (secondary N) is 2. The fraction of sp³-hybridized carbons (Fsp3) is 0.150. The molecular formula is C20H19ClN6O4S. The zero-order valence-corrected chi connectivity index (χ0v) is 18.6. The van der Waals surface area contributed by atoms with Crippen LogP contribution in [0.25, 0.3) is 0 Å². The van der Waals surface area contributed by atoms with Crippen molar-refractivity contribution >= 4 is 50.8 Å². The Morgan fingerprint density at radius 1 is 1.16 bits per heavy atom. The van der Waals surface area contributed by atoms with Crippen molar-refractivity contribution in [3.05, 3.63) is 75.4 Å². The second-order valence-corrected chi connectivity index (χ2v) is 9.70. The van der Waals surface area contributed by atoms with Crippen LogP contribution in [0.3, 0.4) is 0 Å². The summed E-state index contributed by atoms with van der Waals surface area (Å²) in [5, 5.41) is 17.2. The van der Waals surface area contributed by atoms with Crippen LogP contribution in [-0.4, -0.2) is 34.8 Å². The lowest BCUT2D eigenvalue weighted by atomic mass is 10.2. The number of para-hydroxylation sites is 1. The van der Waals surface area contributed by atoms with Crippen molar-refractivity contribution in [3.63, 3.8) is 0 Å². The van der Waals surface area contributed by atoms with Gasteiger partial charge in [-0.25, -0.2) is 18.8 Å². The van der Waals surface area contributed by atoms with Crippen molar-refractivity contribution in [1.29, 1.82) is 0 Å². The summed E-state index contributed by atoms with van der Waals surface area (Å²) in [6.45, 7) is 3.21. The van der Waals surface area contributed by atoms with E-state index in [1.165, 1.54) is 30.6 Å². The highest BCUT2D eigenvalue weighted by Gasteiger charge is 2.23. The van der Waals surface area contributed by atoms with Crippen LogP contribution in [0.1, 0.15) is 19.4 Å². The summed E-state index contributed by atoms with van der Waals surface area (Å²) in [4.78, 5) is 18.6. The highest BCUT2D eigenvalue weighted by Crippen LogP contribution is 2.30. The number of nitro benzene ring substituents is 1. The molecule has 1 heterocycles. The molecule has 0 unspecified atom stereocenters. The van der Waals surface area contributed by atoms with Gasteiger partial charge in [-0.3, -0.25) is 10.1 Å². The third-order valence-corrected chi connectivity index (χ3v) is 6.78. The molecule has 2 aromatic carbocycles. The Balaban J connectivity index is 1.79. The Labute approximate surface area is 189 Å². The standard InChI is InChI=1S/C20H19ClN6O4S/c1-13(2)32(30,31)18-6-4-3-5-17(18)24-19-16(21)12-22-20(25-19)26-23-11-14-7-9-15(10-8-14)27(28)29/h3-13H,1-2H3,(H2,22,24,25,26)/b23-11+. The number of rotatable bonds is 8. The van der Waals surface area contributed by atoms with Crippen LogP contribution >= 0.6 is 11.6 Å². The Kier molecular flexibility index (Phi) is 7.01. The van der Waals surface area contributed by atoms with Crippen LogP contribution in [-0.2, 0) is 9.84 Å². The molecule has 0 spiro atoms. The molecule has 0 fully saturated rings. The number of hydrazone groups is 1. The Hall–Kier alpha value is -3.57. The van der Waals surface area contributed by atoms with Gasteiger partial charge >= 0.3 is 0 Å². The highest BCUT2D eigenvalue weighted by molar-refractivity contribution is 7.92. The number of non-ortho nitro benzene ring substituents is 1. The molecule has 10 nitrogen and oxygen atoms in total. The smallest absolute Gasteiger partial charge is 0.269 e. The van der Waals surface area contributed by atoms with Crippen molar-refractivity contribution in [2.24, 2.45) is 5.10 Å². The predicted molar refractivity (Wildman–Crippen MR) is 123 cm³/mol. The lowest BCUT2D eigenvalue weighted by Gasteiger charge is -2.15. The number of benzene rings is 2. The second-order valence-electron chi connectivity index (χ2n) is 6.82. The maximum Gasteiger partial charge on any atom is 0.269 e. The van der Waals surface area contributed by atoms with E-state index < -0.39 is 20.0 Å². The van der Waals surface area contributed by atoms with Gasteiger partial charge < -0.3 is 5.32 Å². The number of sulfone groups is 1. The van der Waals surface area contributed by atoms with Gasteiger partial charge in [0.1, 0.15) is 5.02 Å². The van der Waals surface area contributed by atoms with E-state index in [-0.39, 0.29) is 27.4 Å². The summed E-state index contributed by atoms with van der Waals surface area (Å²) in [5.74, 6) is 0.306. The van der Waals surface area contributed by atoms with Gasteiger partial charge in [-0.15, -0.1) is 0 Å². The molecule has 0 saturated heterocycles. The number of nitro groups is 1. The van der Waals surface area contributed by atoms with E-state index in [0.717, 1.165) is 0 Å². The molecular weight excluding hydrogens is 456 g/mol. The van der Waals surface area contributed by atoms with Gasteiger partial charge in [0.05, 0.1) is 33.2 Å². The molecule has 0 radical (unpaired) electrons. The first-order valence-electron chi connectivity index (χ1n) is 9.34. The van der Waals surface area contributed by atoms with Crippen molar-refractivity contribution in [1.82, 2.24) is 9.97 Å². The van der Waals surface area contributed by atoms with Gasteiger partial charge in [0.25, 0.3) is 5.69 Å². The van der Waals surface area contributed by atoms with Crippen molar-refractivity contribution in [2.75, 3.05) is 10.7 Å². The maximum atomic E-state index is 12.7. The van der Waals surface area contributed by atoms with Gasteiger partial charge in [0.2, 0.25) is 5.95 Å². The first-order chi connectivity index (χ1) is 15.2. The summed E-state index contributed by atoms with van der Waals surface area (Å²) in [6.07, 6.45) is 2.79. The Morgan fingerprint density at radius 2 is 1.84 bits per heavy atom. The molecule has 0 amide bonds. The SMILES string of the molecule is CC(C)S(=O)(=O)c1ccccc1Nc1nc(N/N=C/c2ccc([N+](=O)[O-])cc2)ncc1Cl. The summed E-state index contributed by atoms with van der Waals surface area (Å²) in [5.41, 5.74) is 3.59. The van der Waals surface area contributed by atoms with E-state index in [1.54, 1.807) is 44.2 Å². The zero-order chi connectivity index (χ0) is 23.3. The van der Waals surface area contributed by atoms with E-state index in [2.05, 4.69) is 25.8 Å². The topological polar surface area (TPSA) is 139 Å². The summed E-state index contributed by atoms with van der Waals surface area (Å²) in [7, 11) is -3.53. The zero-order valence-electron chi connectivity index (χ0n) is 17.1. The lowest BCUT2D eigenvalue weighted by molar-refractivity contribution is -0.384. The minimum Gasteiger partial charge on any atom is -0.338 e. The van der Waals surface area contributed by atoms with E-state index in [0.29, 0.717) is 11.3 Å². The van der Waals surface area contributed by atoms with Gasteiger partial charge in [0, 0.05) is 12.1 Å². The molecule has 12 heteroatoms. The molecule has 0 aliphatic carbocycles. The van der Waals surface area contributed by atoms with Crippen molar-refractivity contribution in [2.45, 2.75) is 24.0 Å². The van der Waals surface area contributed by atoms with Crippen LogP contribution in [0.15, 0.2) is 64.7 Å². The summed E-state index contributed by atoms with van der Waals surface area (Å²) >= 11 is 6.19. The average Bonchev–Trinajstić information content (AvgIpc) is 2.76. The number of anilines is 3. The van der Waals surface area contributed by atoms with E-state index in [4.69, 9.17) is 11.6 Å². The normalized spacial score (nSPS) is 11.6. The lowest BCUT2D eigenvalue weighted by Crippen LogP contribution is -2.15. The molecule has 1 aromatic heterocycles. The fourth-order valence-corrected chi connectivity index (χ4v) is 3.89. The molecule has 166 valence electrons. The molecule has 2 N–H and O–H groups in total. The first kappa shape index (κ1) is 23.1. The monoisotopic (exact) mass is 474 g/mol. The van der Waals surface area contributed by atoms with E-state index in [9.17, 15) is 18.5 Å². The van der Waals surface area contributed by atoms with E-state index >= 15 is 0 Å². The average molecular weight is 475 g/mol. The van der Waals surface area contributed by atoms with Crippen LogP contribution in [0, 0.1) is 10.1 Å². The minimum atomic E-state index is -3.53. The molecule has 32 heavy (non-hydrogen) atoms.